The summed E-state index contributed by atoms with van der Waals surface area (Å²) in [5.41, 5.74) is 1.60. The van der Waals surface area contributed by atoms with Crippen molar-refractivity contribution >= 4 is 40.4 Å². The number of methoxy groups -OCH3 is 1. The van der Waals surface area contributed by atoms with Crippen molar-refractivity contribution in [2.24, 2.45) is 0 Å². The second-order valence-electron chi connectivity index (χ2n) is 6.44. The lowest BCUT2D eigenvalue weighted by molar-refractivity contribution is -0.121. The molecule has 0 aliphatic rings. The van der Waals surface area contributed by atoms with E-state index >= 15 is 0 Å². The van der Waals surface area contributed by atoms with Gasteiger partial charge in [0.15, 0.2) is 0 Å². The maximum Gasteiger partial charge on any atom is 0.286 e. The van der Waals surface area contributed by atoms with E-state index in [0.29, 0.717) is 41.5 Å². The van der Waals surface area contributed by atoms with Gasteiger partial charge >= 0.3 is 0 Å². The van der Waals surface area contributed by atoms with Crippen LogP contribution < -0.4 is 15.4 Å². The maximum absolute atomic E-state index is 12.3. The zero-order chi connectivity index (χ0) is 21.3. The Morgan fingerprint density at radius 2 is 1.93 bits per heavy atom. The number of nitrogens with one attached hydrogen (secondary N) is 2. The van der Waals surface area contributed by atoms with Crippen molar-refractivity contribution in [1.29, 1.82) is 0 Å². The molecule has 0 saturated carbocycles. The summed E-state index contributed by atoms with van der Waals surface area (Å²) < 4.78 is 5.11. The average Bonchev–Trinajstić information content (AvgIpc) is 3.22. The molecule has 0 bridgehead atoms. The smallest absolute Gasteiger partial charge is 0.286 e. The highest BCUT2D eigenvalue weighted by Gasteiger charge is 2.13. The van der Waals surface area contributed by atoms with E-state index in [-0.39, 0.29) is 16.8 Å². The first-order valence-electron chi connectivity index (χ1n) is 9.32. The molecule has 0 fully saturated rings. The van der Waals surface area contributed by atoms with Crippen LogP contribution in [-0.2, 0) is 17.8 Å². The molecule has 0 spiro atoms. The Kier molecular flexibility index (Phi) is 7.75. The van der Waals surface area contributed by atoms with Crippen LogP contribution in [0.5, 0.6) is 5.75 Å². The van der Waals surface area contributed by atoms with Gasteiger partial charge in [0.05, 0.1) is 7.11 Å². The molecule has 9 heteroatoms. The topological polar surface area (TPSA) is 93.2 Å². The van der Waals surface area contributed by atoms with Gasteiger partial charge in [0, 0.05) is 30.1 Å². The first kappa shape index (κ1) is 21.7. The van der Waals surface area contributed by atoms with E-state index in [0.717, 1.165) is 11.3 Å². The third-order valence-electron chi connectivity index (χ3n) is 4.19. The summed E-state index contributed by atoms with van der Waals surface area (Å²) in [6.45, 7) is 0.468. The van der Waals surface area contributed by atoms with E-state index in [2.05, 4.69) is 20.8 Å². The molecule has 7 nitrogen and oxygen atoms in total. The number of nitrogens with zero attached hydrogens (tertiary/aromatic N) is 2. The van der Waals surface area contributed by atoms with E-state index in [1.165, 1.54) is 11.3 Å². The monoisotopic (exact) mass is 444 g/mol. The predicted octanol–water partition coefficient (Wildman–Crippen LogP) is 4.09. The Hall–Kier alpha value is -2.97. The summed E-state index contributed by atoms with van der Waals surface area (Å²) in [6.07, 6.45) is 1.58. The zero-order valence-electron chi connectivity index (χ0n) is 16.4. The van der Waals surface area contributed by atoms with E-state index < -0.39 is 0 Å². The standard InChI is InChI=1S/C21H21ClN4O3S/c1-29-17-10-8-14(9-11-17)13-23-18(27)6-3-7-19-25-26-21(30-19)20(28)24-16-5-2-4-15(22)12-16/h2,4-5,8-12H,3,6-7,13H2,1H3,(H,23,27)(H,24,28). The van der Waals surface area contributed by atoms with Crippen LogP contribution in [0.2, 0.25) is 5.02 Å². The van der Waals surface area contributed by atoms with Crippen LogP contribution >= 0.6 is 22.9 Å². The van der Waals surface area contributed by atoms with Crippen molar-refractivity contribution in [2.75, 3.05) is 12.4 Å². The number of aromatic nitrogens is 2. The molecule has 2 aromatic carbocycles. The molecule has 2 N–H and O–H groups in total. The Morgan fingerprint density at radius 3 is 2.67 bits per heavy atom. The van der Waals surface area contributed by atoms with E-state index in [1.807, 2.05) is 24.3 Å². The van der Waals surface area contributed by atoms with Gasteiger partial charge < -0.3 is 15.4 Å². The minimum atomic E-state index is -0.335. The molecular formula is C21H21ClN4O3S. The number of anilines is 1. The molecule has 0 radical (unpaired) electrons. The number of hydrogen-bond donors (Lipinski definition) is 2. The van der Waals surface area contributed by atoms with Gasteiger partial charge in [0.2, 0.25) is 10.9 Å². The van der Waals surface area contributed by atoms with Crippen molar-refractivity contribution < 1.29 is 14.3 Å². The fraction of sp³-hybridized carbons (Fsp3) is 0.238. The number of carbonyl (C=O) groups excluding carboxylic acids is 2. The van der Waals surface area contributed by atoms with Gasteiger partial charge in [-0.05, 0) is 42.3 Å². The Balaban J connectivity index is 1.40. The molecule has 156 valence electrons. The summed E-state index contributed by atoms with van der Waals surface area (Å²) in [6, 6.07) is 14.4. The van der Waals surface area contributed by atoms with E-state index in [4.69, 9.17) is 16.3 Å². The lowest BCUT2D eigenvalue weighted by Gasteiger charge is -2.06. The van der Waals surface area contributed by atoms with Crippen molar-refractivity contribution in [3.05, 3.63) is 69.1 Å². The lowest BCUT2D eigenvalue weighted by atomic mass is 10.2. The van der Waals surface area contributed by atoms with Gasteiger partial charge in [-0.1, -0.05) is 41.1 Å². The average molecular weight is 445 g/mol. The molecule has 3 aromatic rings. The van der Waals surface area contributed by atoms with Crippen LogP contribution in [0.1, 0.15) is 33.2 Å². The fourth-order valence-corrected chi connectivity index (χ4v) is 3.60. The highest BCUT2D eigenvalue weighted by Crippen LogP contribution is 2.18. The summed E-state index contributed by atoms with van der Waals surface area (Å²) in [5.74, 6) is 0.412. The van der Waals surface area contributed by atoms with Gasteiger partial charge in [0.1, 0.15) is 10.8 Å². The molecular weight excluding hydrogens is 424 g/mol. The van der Waals surface area contributed by atoms with E-state index in [9.17, 15) is 9.59 Å². The zero-order valence-corrected chi connectivity index (χ0v) is 17.9. The largest absolute Gasteiger partial charge is 0.497 e. The van der Waals surface area contributed by atoms with Crippen LogP contribution in [-0.4, -0.2) is 29.1 Å². The SMILES string of the molecule is COc1ccc(CNC(=O)CCCc2nnc(C(=O)Nc3cccc(Cl)c3)s2)cc1. The third kappa shape index (κ3) is 6.53. The minimum absolute atomic E-state index is 0.0331. The molecule has 0 unspecified atom stereocenters. The first-order valence-corrected chi connectivity index (χ1v) is 10.5. The summed E-state index contributed by atoms with van der Waals surface area (Å²) in [5, 5.41) is 15.1. The van der Waals surface area contributed by atoms with Crippen LogP contribution in [0.25, 0.3) is 0 Å². The van der Waals surface area contributed by atoms with Crippen LogP contribution in [0.4, 0.5) is 5.69 Å². The van der Waals surface area contributed by atoms with Gasteiger partial charge in [-0.15, -0.1) is 10.2 Å². The number of rotatable bonds is 9. The molecule has 0 atom stereocenters. The number of ether oxygens (including phenoxy) is 1. The van der Waals surface area contributed by atoms with E-state index in [1.54, 1.807) is 31.4 Å². The molecule has 0 aliphatic heterocycles. The molecule has 0 aliphatic carbocycles. The third-order valence-corrected chi connectivity index (χ3v) is 5.40. The molecule has 3 rings (SSSR count). The Morgan fingerprint density at radius 1 is 1.13 bits per heavy atom. The molecule has 30 heavy (non-hydrogen) atoms. The van der Waals surface area contributed by atoms with Gasteiger partial charge in [-0.25, -0.2) is 0 Å². The summed E-state index contributed by atoms with van der Waals surface area (Å²) in [4.78, 5) is 24.3. The van der Waals surface area contributed by atoms with Gasteiger partial charge in [0.25, 0.3) is 5.91 Å². The second kappa shape index (κ2) is 10.7. The maximum atomic E-state index is 12.3. The minimum Gasteiger partial charge on any atom is -0.497 e. The van der Waals surface area contributed by atoms with Crippen molar-refractivity contribution in [2.45, 2.75) is 25.8 Å². The van der Waals surface area contributed by atoms with Crippen molar-refractivity contribution in [3.8, 4) is 5.75 Å². The Bertz CT molecular complexity index is 1010. The highest BCUT2D eigenvalue weighted by molar-refractivity contribution is 7.13. The van der Waals surface area contributed by atoms with Crippen LogP contribution in [0.3, 0.4) is 0 Å². The number of halogens is 1. The number of hydrogen-bond acceptors (Lipinski definition) is 6. The molecule has 2 amide bonds. The van der Waals surface area contributed by atoms with Crippen molar-refractivity contribution in [1.82, 2.24) is 15.5 Å². The molecule has 0 saturated heterocycles. The van der Waals surface area contributed by atoms with Crippen LogP contribution in [0, 0.1) is 0 Å². The fourth-order valence-electron chi connectivity index (χ4n) is 2.63. The highest BCUT2D eigenvalue weighted by atomic mass is 35.5. The number of benzene rings is 2. The lowest BCUT2D eigenvalue weighted by Crippen LogP contribution is -2.22. The second-order valence-corrected chi connectivity index (χ2v) is 7.94. The summed E-state index contributed by atoms with van der Waals surface area (Å²) >= 11 is 7.14. The summed E-state index contributed by atoms with van der Waals surface area (Å²) in [7, 11) is 1.61. The number of aryl methyl sites for hydroxylation is 1. The van der Waals surface area contributed by atoms with Crippen LogP contribution in [0.15, 0.2) is 48.5 Å². The predicted molar refractivity (Wildman–Crippen MR) is 117 cm³/mol. The van der Waals surface area contributed by atoms with Crippen molar-refractivity contribution in [3.63, 3.8) is 0 Å². The number of amides is 2. The molecule has 1 aromatic heterocycles. The first-order chi connectivity index (χ1) is 14.5. The molecule has 1 heterocycles. The van der Waals surface area contributed by atoms with Gasteiger partial charge in [-0.2, -0.15) is 0 Å². The number of carbonyl (C=O) groups is 2. The normalized spacial score (nSPS) is 10.5. The Labute approximate surface area is 183 Å². The quantitative estimate of drug-likeness (QED) is 0.518. The van der Waals surface area contributed by atoms with Gasteiger partial charge in [-0.3, -0.25) is 9.59 Å².